The minimum absolute atomic E-state index is 0.256. The van der Waals surface area contributed by atoms with Crippen LogP contribution < -0.4 is 5.32 Å². The molecule has 1 saturated heterocycles. The lowest BCUT2D eigenvalue weighted by Crippen LogP contribution is -2.49. The first-order chi connectivity index (χ1) is 8.70. The number of nitrogens with one attached hydrogen (secondary N) is 1. The molecule has 1 heterocycles. The minimum atomic E-state index is -0.486. The van der Waals surface area contributed by atoms with Gasteiger partial charge in [0.25, 0.3) is 0 Å². The number of carbonyl (C=O) groups is 2. The topological polar surface area (TPSA) is 58.6 Å². The first-order valence-electron chi connectivity index (χ1n) is 6.01. The fourth-order valence-electron chi connectivity index (χ4n) is 1.86. The Labute approximate surface area is 106 Å². The summed E-state index contributed by atoms with van der Waals surface area (Å²) in [4.78, 5) is 27.9. The Balaban J connectivity index is 1.95. The van der Waals surface area contributed by atoms with Crippen molar-refractivity contribution in [3.8, 4) is 0 Å². The van der Waals surface area contributed by atoms with Crippen molar-refractivity contribution >= 4 is 11.9 Å². The van der Waals surface area contributed by atoms with E-state index in [1.165, 1.54) is 10.6 Å². The number of imide groups is 1. The van der Waals surface area contributed by atoms with Crippen molar-refractivity contribution in [3.63, 3.8) is 0 Å². The van der Waals surface area contributed by atoms with Gasteiger partial charge in [0.1, 0.15) is 6.61 Å². The Morgan fingerprint density at radius 3 is 2.67 bits per heavy atom. The van der Waals surface area contributed by atoms with Gasteiger partial charge in [-0.1, -0.05) is 31.2 Å². The van der Waals surface area contributed by atoms with Crippen molar-refractivity contribution in [2.24, 2.45) is 0 Å². The number of nitrogens with zero attached hydrogens (tertiary/aromatic N) is 1. The van der Waals surface area contributed by atoms with E-state index in [9.17, 15) is 9.59 Å². The molecular weight excluding hydrogens is 232 g/mol. The van der Waals surface area contributed by atoms with Crippen molar-refractivity contribution in [2.45, 2.75) is 26.4 Å². The van der Waals surface area contributed by atoms with Crippen molar-refractivity contribution < 1.29 is 14.4 Å². The second kappa shape index (κ2) is 5.64. The summed E-state index contributed by atoms with van der Waals surface area (Å²) in [6.07, 6.45) is 1.20. The van der Waals surface area contributed by atoms with Crippen LogP contribution in [-0.4, -0.2) is 23.5 Å². The van der Waals surface area contributed by atoms with E-state index in [0.29, 0.717) is 13.2 Å². The highest BCUT2D eigenvalue weighted by Gasteiger charge is 2.23. The molecule has 0 unspecified atom stereocenters. The van der Waals surface area contributed by atoms with E-state index in [4.69, 9.17) is 4.84 Å². The van der Waals surface area contributed by atoms with Crippen LogP contribution in [0, 0.1) is 0 Å². The zero-order valence-electron chi connectivity index (χ0n) is 10.3. The average Bonchev–Trinajstić information content (AvgIpc) is 2.38. The van der Waals surface area contributed by atoms with Crippen molar-refractivity contribution in [2.75, 3.05) is 6.54 Å². The Kier molecular flexibility index (Phi) is 3.94. The van der Waals surface area contributed by atoms with Crippen LogP contribution in [0.2, 0.25) is 0 Å². The van der Waals surface area contributed by atoms with Crippen molar-refractivity contribution in [3.05, 3.63) is 35.4 Å². The molecule has 1 aliphatic rings. The van der Waals surface area contributed by atoms with E-state index in [0.717, 1.165) is 12.0 Å². The predicted octanol–water partition coefficient (Wildman–Crippen LogP) is 1.62. The zero-order valence-corrected chi connectivity index (χ0v) is 10.3. The van der Waals surface area contributed by atoms with Crippen LogP contribution in [0.4, 0.5) is 4.79 Å². The van der Waals surface area contributed by atoms with Gasteiger partial charge in [0.2, 0.25) is 5.91 Å². The maximum absolute atomic E-state index is 11.4. The highest BCUT2D eigenvalue weighted by atomic mass is 16.7. The summed E-state index contributed by atoms with van der Waals surface area (Å²) in [6.45, 7) is 2.72. The number of aryl methyl sites for hydroxylation is 1. The Morgan fingerprint density at radius 2 is 2.00 bits per heavy atom. The van der Waals surface area contributed by atoms with Crippen LogP contribution in [0.5, 0.6) is 0 Å². The van der Waals surface area contributed by atoms with Gasteiger partial charge in [-0.25, -0.2) is 9.86 Å². The van der Waals surface area contributed by atoms with E-state index in [-0.39, 0.29) is 12.3 Å². The largest absolute Gasteiger partial charge is 0.347 e. The fourth-order valence-corrected chi connectivity index (χ4v) is 1.86. The third kappa shape index (κ3) is 2.87. The van der Waals surface area contributed by atoms with Gasteiger partial charge in [0.05, 0.1) is 6.54 Å². The maximum Gasteiger partial charge on any atom is 0.347 e. The normalized spacial score (nSPS) is 15.7. The molecule has 0 aliphatic carbocycles. The quantitative estimate of drug-likeness (QED) is 0.880. The van der Waals surface area contributed by atoms with Crippen molar-refractivity contribution in [1.29, 1.82) is 0 Å². The number of benzene rings is 1. The predicted molar refractivity (Wildman–Crippen MR) is 65.5 cm³/mol. The molecule has 1 N–H and O–H groups in total. The van der Waals surface area contributed by atoms with Gasteiger partial charge in [-0.3, -0.25) is 14.9 Å². The lowest BCUT2D eigenvalue weighted by atomic mass is 10.1. The molecule has 18 heavy (non-hydrogen) atoms. The summed E-state index contributed by atoms with van der Waals surface area (Å²) in [5.41, 5.74) is 2.26. The summed E-state index contributed by atoms with van der Waals surface area (Å²) in [5.74, 6) is -0.256. The second-order valence-electron chi connectivity index (χ2n) is 4.10. The van der Waals surface area contributed by atoms with E-state index < -0.39 is 6.03 Å². The standard InChI is InChI=1S/C13H16N2O3/c1-2-10-5-3-4-6-11(10)9-18-15-8-7-12(16)14-13(15)17/h3-6H,2,7-9H2,1H3,(H,14,16,17). The van der Waals surface area contributed by atoms with E-state index in [2.05, 4.69) is 12.2 Å². The van der Waals surface area contributed by atoms with Crippen LogP contribution in [-0.2, 0) is 22.7 Å². The lowest BCUT2D eigenvalue weighted by Gasteiger charge is -2.25. The summed E-state index contributed by atoms with van der Waals surface area (Å²) in [7, 11) is 0. The second-order valence-corrected chi connectivity index (χ2v) is 4.10. The first-order valence-corrected chi connectivity index (χ1v) is 6.01. The number of amides is 3. The summed E-state index contributed by atoms with van der Waals surface area (Å²) in [5, 5.41) is 3.42. The molecule has 5 heteroatoms. The van der Waals surface area contributed by atoms with E-state index in [1.807, 2.05) is 24.3 Å². The molecule has 3 amide bonds. The Morgan fingerprint density at radius 1 is 1.28 bits per heavy atom. The number of hydroxylamine groups is 2. The molecule has 1 aromatic rings. The number of urea groups is 1. The molecule has 2 rings (SSSR count). The average molecular weight is 248 g/mol. The molecule has 0 radical (unpaired) electrons. The van der Waals surface area contributed by atoms with E-state index >= 15 is 0 Å². The fraction of sp³-hybridized carbons (Fsp3) is 0.385. The molecular formula is C13H16N2O3. The number of rotatable bonds is 4. The molecule has 1 aromatic carbocycles. The molecule has 0 atom stereocenters. The highest BCUT2D eigenvalue weighted by Crippen LogP contribution is 2.12. The Bertz CT molecular complexity index is 459. The monoisotopic (exact) mass is 248 g/mol. The Hall–Kier alpha value is -1.88. The van der Waals surface area contributed by atoms with Gasteiger partial charge >= 0.3 is 6.03 Å². The van der Waals surface area contributed by atoms with Gasteiger partial charge in [-0.15, -0.1) is 0 Å². The van der Waals surface area contributed by atoms with Gasteiger partial charge in [0.15, 0.2) is 0 Å². The van der Waals surface area contributed by atoms with Crippen molar-refractivity contribution in [1.82, 2.24) is 10.4 Å². The molecule has 1 fully saturated rings. The lowest BCUT2D eigenvalue weighted by molar-refractivity contribution is -0.147. The third-order valence-corrected chi connectivity index (χ3v) is 2.89. The highest BCUT2D eigenvalue weighted by molar-refractivity contribution is 5.96. The smallest absolute Gasteiger partial charge is 0.276 e. The summed E-state index contributed by atoms with van der Waals surface area (Å²) >= 11 is 0. The molecule has 0 aromatic heterocycles. The number of hydrogen-bond acceptors (Lipinski definition) is 3. The summed E-state index contributed by atoms with van der Waals surface area (Å²) < 4.78 is 0. The van der Waals surface area contributed by atoms with Crippen LogP contribution in [0.1, 0.15) is 24.5 Å². The van der Waals surface area contributed by atoms with Crippen LogP contribution in [0.25, 0.3) is 0 Å². The third-order valence-electron chi connectivity index (χ3n) is 2.89. The van der Waals surface area contributed by atoms with Gasteiger partial charge < -0.3 is 0 Å². The number of hydrogen-bond donors (Lipinski definition) is 1. The molecule has 5 nitrogen and oxygen atoms in total. The SMILES string of the molecule is CCc1ccccc1CON1CCC(=O)NC1=O. The summed E-state index contributed by atoms with van der Waals surface area (Å²) in [6, 6.07) is 7.46. The molecule has 96 valence electrons. The zero-order chi connectivity index (χ0) is 13.0. The maximum atomic E-state index is 11.4. The van der Waals surface area contributed by atoms with E-state index in [1.54, 1.807) is 0 Å². The van der Waals surface area contributed by atoms with Gasteiger partial charge in [-0.05, 0) is 17.5 Å². The van der Waals surface area contributed by atoms with Gasteiger partial charge in [0, 0.05) is 6.42 Å². The van der Waals surface area contributed by atoms with Crippen LogP contribution in [0.15, 0.2) is 24.3 Å². The molecule has 0 saturated carbocycles. The number of carbonyl (C=O) groups excluding carboxylic acids is 2. The molecule has 1 aliphatic heterocycles. The van der Waals surface area contributed by atoms with Crippen LogP contribution in [0.3, 0.4) is 0 Å². The molecule has 0 bridgehead atoms. The van der Waals surface area contributed by atoms with Gasteiger partial charge in [-0.2, -0.15) is 0 Å². The first kappa shape index (κ1) is 12.6. The minimum Gasteiger partial charge on any atom is -0.276 e. The van der Waals surface area contributed by atoms with Crippen LogP contribution >= 0.6 is 0 Å². The molecule has 0 spiro atoms.